The van der Waals surface area contributed by atoms with Gasteiger partial charge in [-0.3, -0.25) is 9.48 Å². The second kappa shape index (κ2) is 7.45. The number of rotatable bonds is 5. The van der Waals surface area contributed by atoms with Crippen molar-refractivity contribution in [2.24, 2.45) is 11.1 Å². The van der Waals surface area contributed by atoms with Crippen LogP contribution in [0.3, 0.4) is 0 Å². The number of benzene rings is 1. The van der Waals surface area contributed by atoms with Crippen molar-refractivity contribution in [3.05, 3.63) is 59.2 Å². The molecule has 0 saturated carbocycles. The number of hydrogen-bond acceptors (Lipinski definition) is 6. The molecule has 9 nitrogen and oxygen atoms in total. The van der Waals surface area contributed by atoms with Crippen LogP contribution in [0, 0.1) is 5.92 Å². The predicted octanol–water partition coefficient (Wildman–Crippen LogP) is 1.94. The third kappa shape index (κ3) is 4.22. The van der Waals surface area contributed by atoms with Crippen LogP contribution in [-0.4, -0.2) is 29.3 Å². The second-order valence-electron chi connectivity index (χ2n) is 7.35. The molecule has 0 fully saturated rings. The molecule has 152 valence electrons. The summed E-state index contributed by atoms with van der Waals surface area (Å²) in [5.74, 6) is 0.947. The molecule has 1 unspecified atom stereocenters. The van der Waals surface area contributed by atoms with E-state index in [2.05, 4.69) is 22.5 Å². The van der Waals surface area contributed by atoms with Gasteiger partial charge in [0.1, 0.15) is 5.76 Å². The van der Waals surface area contributed by atoms with Crippen LogP contribution in [-0.2, 0) is 29.4 Å². The molecule has 0 aliphatic heterocycles. The van der Waals surface area contributed by atoms with Gasteiger partial charge in [0.25, 0.3) is 5.91 Å². The first-order valence-corrected chi connectivity index (χ1v) is 10.8. The van der Waals surface area contributed by atoms with E-state index in [9.17, 15) is 13.2 Å². The highest BCUT2D eigenvalue weighted by atomic mass is 32.2. The highest BCUT2D eigenvalue weighted by Crippen LogP contribution is 2.28. The number of aryl methyl sites for hydroxylation is 1. The molecule has 0 saturated heterocycles. The van der Waals surface area contributed by atoms with Crippen LogP contribution in [0.15, 0.2) is 46.1 Å². The van der Waals surface area contributed by atoms with Crippen molar-refractivity contribution in [1.82, 2.24) is 14.9 Å². The number of aromatic nitrogens is 3. The number of fused-ring (bicyclic) bond motifs is 1. The zero-order valence-corrected chi connectivity index (χ0v) is 16.6. The van der Waals surface area contributed by atoms with Crippen LogP contribution in [0.4, 0.5) is 5.69 Å². The van der Waals surface area contributed by atoms with Crippen molar-refractivity contribution in [2.75, 3.05) is 5.32 Å². The summed E-state index contributed by atoms with van der Waals surface area (Å²) in [5.41, 5.74) is 2.43. The number of primary sulfonamides is 1. The van der Waals surface area contributed by atoms with E-state index in [0.29, 0.717) is 23.8 Å². The Bertz CT molecular complexity index is 1160. The van der Waals surface area contributed by atoms with E-state index in [4.69, 9.17) is 9.66 Å². The topological polar surface area (TPSA) is 133 Å². The quantitative estimate of drug-likeness (QED) is 0.654. The van der Waals surface area contributed by atoms with Crippen LogP contribution in [0.25, 0.3) is 0 Å². The molecule has 0 radical (unpaired) electrons. The van der Waals surface area contributed by atoms with Gasteiger partial charge in [-0.05, 0) is 36.5 Å². The smallest absolute Gasteiger partial charge is 0.278 e. The molecular weight excluding hydrogens is 394 g/mol. The summed E-state index contributed by atoms with van der Waals surface area (Å²) in [6.07, 6.45) is 5.80. The van der Waals surface area contributed by atoms with E-state index in [1.165, 1.54) is 18.3 Å². The fraction of sp³-hybridized carbons (Fsp3) is 0.316. The van der Waals surface area contributed by atoms with E-state index < -0.39 is 10.0 Å². The van der Waals surface area contributed by atoms with Crippen molar-refractivity contribution >= 4 is 21.6 Å². The Kier molecular flexibility index (Phi) is 4.97. The molecule has 3 N–H and O–H groups in total. The fourth-order valence-electron chi connectivity index (χ4n) is 3.47. The number of nitrogens with two attached hydrogens (primary N) is 1. The number of nitrogens with one attached hydrogen (secondary N) is 1. The Morgan fingerprint density at radius 1 is 1.41 bits per heavy atom. The zero-order valence-electron chi connectivity index (χ0n) is 15.8. The van der Waals surface area contributed by atoms with Gasteiger partial charge in [0.15, 0.2) is 5.69 Å². The summed E-state index contributed by atoms with van der Waals surface area (Å²) >= 11 is 0. The lowest BCUT2D eigenvalue weighted by Crippen LogP contribution is -2.17. The fourth-order valence-corrected chi connectivity index (χ4v) is 4.05. The summed E-state index contributed by atoms with van der Waals surface area (Å²) in [4.78, 5) is 12.7. The van der Waals surface area contributed by atoms with Crippen LogP contribution >= 0.6 is 0 Å². The molecular formula is C19H21N5O4S. The van der Waals surface area contributed by atoms with Gasteiger partial charge in [-0.25, -0.2) is 13.6 Å². The third-order valence-corrected chi connectivity index (χ3v) is 5.88. The summed E-state index contributed by atoms with van der Waals surface area (Å²) < 4.78 is 29.9. The van der Waals surface area contributed by atoms with Gasteiger partial charge in [0.2, 0.25) is 10.0 Å². The number of carbonyl (C=O) groups is 1. The first-order chi connectivity index (χ1) is 13.8. The van der Waals surface area contributed by atoms with Crippen LogP contribution in [0.5, 0.6) is 0 Å². The lowest BCUT2D eigenvalue weighted by atomic mass is 9.88. The molecule has 1 aliphatic rings. The maximum absolute atomic E-state index is 12.6. The molecule has 1 aliphatic carbocycles. The van der Waals surface area contributed by atoms with E-state index in [1.54, 1.807) is 23.0 Å². The van der Waals surface area contributed by atoms with Gasteiger partial charge >= 0.3 is 0 Å². The largest absolute Gasteiger partial charge is 0.360 e. The van der Waals surface area contributed by atoms with Crippen molar-refractivity contribution in [3.63, 3.8) is 0 Å². The Morgan fingerprint density at radius 3 is 3.03 bits per heavy atom. The minimum absolute atomic E-state index is 0.0423. The van der Waals surface area contributed by atoms with Gasteiger partial charge < -0.3 is 9.84 Å². The van der Waals surface area contributed by atoms with E-state index >= 15 is 0 Å². The summed E-state index contributed by atoms with van der Waals surface area (Å²) in [6.45, 7) is 2.47. The first kappa shape index (κ1) is 19.3. The molecule has 0 spiro atoms. The van der Waals surface area contributed by atoms with E-state index in [-0.39, 0.29) is 10.8 Å². The minimum atomic E-state index is -3.77. The summed E-state index contributed by atoms with van der Waals surface area (Å²) in [5, 5.41) is 16.1. The van der Waals surface area contributed by atoms with Gasteiger partial charge in [-0.2, -0.15) is 5.10 Å². The maximum Gasteiger partial charge on any atom is 0.278 e. The van der Waals surface area contributed by atoms with Crippen molar-refractivity contribution < 1.29 is 17.7 Å². The number of amides is 1. The predicted molar refractivity (Wildman–Crippen MR) is 105 cm³/mol. The van der Waals surface area contributed by atoms with E-state index in [1.807, 2.05) is 0 Å². The average molecular weight is 415 g/mol. The van der Waals surface area contributed by atoms with Crippen molar-refractivity contribution in [2.45, 2.75) is 37.6 Å². The lowest BCUT2D eigenvalue weighted by molar-refractivity contribution is 0.101. The van der Waals surface area contributed by atoms with Crippen LogP contribution in [0.1, 0.15) is 40.7 Å². The summed E-state index contributed by atoms with van der Waals surface area (Å²) in [7, 11) is -3.77. The third-order valence-electron chi connectivity index (χ3n) is 4.96. The maximum atomic E-state index is 12.6. The molecule has 1 amide bonds. The minimum Gasteiger partial charge on any atom is -0.360 e. The Morgan fingerprint density at radius 2 is 2.24 bits per heavy atom. The monoisotopic (exact) mass is 415 g/mol. The first-order valence-electron chi connectivity index (χ1n) is 9.22. The van der Waals surface area contributed by atoms with Crippen LogP contribution < -0.4 is 10.5 Å². The van der Waals surface area contributed by atoms with E-state index in [0.717, 1.165) is 36.1 Å². The van der Waals surface area contributed by atoms with Crippen molar-refractivity contribution in [3.8, 4) is 0 Å². The van der Waals surface area contributed by atoms with Crippen molar-refractivity contribution in [1.29, 1.82) is 0 Å². The SMILES string of the molecule is CC1CCc2onc(C(=O)Nc3cnn(Cc4cccc(S(N)(=O)=O)c4)c3)c2C1. The molecule has 1 aromatic carbocycles. The molecule has 29 heavy (non-hydrogen) atoms. The molecule has 2 heterocycles. The Labute approximate surface area is 167 Å². The number of nitrogens with zero attached hydrogens (tertiary/aromatic N) is 3. The summed E-state index contributed by atoms with van der Waals surface area (Å²) in [6, 6.07) is 6.33. The van der Waals surface area contributed by atoms with Gasteiger partial charge in [-0.15, -0.1) is 0 Å². The Balaban J connectivity index is 1.46. The zero-order chi connectivity index (χ0) is 20.6. The van der Waals surface area contributed by atoms with Gasteiger partial charge in [0.05, 0.1) is 23.3 Å². The van der Waals surface area contributed by atoms with Crippen LogP contribution in [0.2, 0.25) is 0 Å². The Hall–Kier alpha value is -2.98. The van der Waals surface area contributed by atoms with Gasteiger partial charge in [-0.1, -0.05) is 24.2 Å². The number of carbonyl (C=O) groups excluding carboxylic acids is 1. The normalized spacial score (nSPS) is 16.4. The molecule has 2 aromatic heterocycles. The molecule has 3 aromatic rings. The highest BCUT2D eigenvalue weighted by molar-refractivity contribution is 7.89. The number of hydrogen-bond donors (Lipinski definition) is 2. The number of anilines is 1. The average Bonchev–Trinajstić information content (AvgIpc) is 3.27. The molecule has 10 heteroatoms. The second-order valence-corrected chi connectivity index (χ2v) is 8.92. The molecule has 0 bridgehead atoms. The standard InChI is InChI=1S/C19H21N5O4S/c1-12-5-6-17-16(7-12)18(23-28-17)19(25)22-14-9-21-24(11-14)10-13-3-2-4-15(8-13)29(20,26)27/h2-4,8-9,11-12H,5-7,10H2,1H3,(H,22,25)(H2,20,26,27). The molecule has 1 atom stereocenters. The van der Waals surface area contributed by atoms with Gasteiger partial charge in [0, 0.05) is 18.2 Å². The highest BCUT2D eigenvalue weighted by Gasteiger charge is 2.27. The molecule has 4 rings (SSSR count). The lowest BCUT2D eigenvalue weighted by Gasteiger charge is -2.16. The number of sulfonamides is 1.